The first-order chi connectivity index (χ1) is 25.3. The molecule has 51 heavy (non-hydrogen) atoms. The van der Waals surface area contributed by atoms with Crippen LogP contribution in [0.1, 0.15) is 33.4 Å². The van der Waals surface area contributed by atoms with Crippen LogP contribution in [0, 0.1) is 0 Å². The van der Waals surface area contributed by atoms with E-state index in [0.717, 1.165) is 23.5 Å². The molecule has 8 aromatic rings. The Kier molecular flexibility index (Phi) is 6.85. The van der Waals surface area contributed by atoms with Crippen LogP contribution in [0.2, 0.25) is 0 Å². The summed E-state index contributed by atoms with van der Waals surface area (Å²) in [7, 11) is 0. The van der Waals surface area contributed by atoms with Crippen molar-refractivity contribution in [2.75, 3.05) is 4.90 Å². The van der Waals surface area contributed by atoms with Gasteiger partial charge < -0.3 is 4.90 Å². The lowest BCUT2D eigenvalue weighted by molar-refractivity contribution is 0.722. The SMILES string of the molecule is c1ccc(-c2ccccc2N(c2ccc3c(c2)C2(c4ccccc4Cc4ccccc42)c2ccccc2-3)c2ccccc2-c2ccccc2)cc1. The Hall–Kier alpha value is -6.44. The highest BCUT2D eigenvalue weighted by molar-refractivity contribution is 5.96. The van der Waals surface area contributed by atoms with Crippen molar-refractivity contribution in [3.8, 4) is 33.4 Å². The van der Waals surface area contributed by atoms with E-state index in [1.807, 2.05) is 0 Å². The molecule has 0 fully saturated rings. The lowest BCUT2D eigenvalue weighted by atomic mass is 9.61. The van der Waals surface area contributed by atoms with Gasteiger partial charge in [-0.3, -0.25) is 0 Å². The Labute approximate surface area is 299 Å². The Bertz CT molecular complexity index is 2440. The second-order valence-corrected chi connectivity index (χ2v) is 13.6. The maximum Gasteiger partial charge on any atom is 0.0719 e. The number of fused-ring (bicyclic) bond motifs is 9. The number of anilines is 3. The van der Waals surface area contributed by atoms with Gasteiger partial charge >= 0.3 is 0 Å². The summed E-state index contributed by atoms with van der Waals surface area (Å²) in [4.78, 5) is 2.49. The van der Waals surface area contributed by atoms with Gasteiger partial charge in [0, 0.05) is 16.8 Å². The van der Waals surface area contributed by atoms with Gasteiger partial charge in [-0.25, -0.2) is 0 Å². The minimum absolute atomic E-state index is 0.434. The molecule has 1 heteroatoms. The van der Waals surface area contributed by atoms with E-state index in [-0.39, 0.29) is 0 Å². The first-order valence-electron chi connectivity index (χ1n) is 17.8. The quantitative estimate of drug-likeness (QED) is 0.179. The monoisotopic (exact) mass is 649 g/mol. The van der Waals surface area contributed by atoms with Gasteiger partial charge in [0.05, 0.1) is 16.8 Å². The smallest absolute Gasteiger partial charge is 0.0719 e. The molecule has 0 atom stereocenters. The van der Waals surface area contributed by atoms with Crippen molar-refractivity contribution in [2.24, 2.45) is 0 Å². The summed E-state index contributed by atoms with van der Waals surface area (Å²) >= 11 is 0. The molecule has 0 saturated carbocycles. The van der Waals surface area contributed by atoms with Crippen molar-refractivity contribution in [1.82, 2.24) is 0 Å². The van der Waals surface area contributed by atoms with Crippen molar-refractivity contribution in [2.45, 2.75) is 11.8 Å². The molecule has 10 rings (SSSR count). The third kappa shape index (κ3) is 4.48. The lowest BCUT2D eigenvalue weighted by Gasteiger charge is -2.40. The highest BCUT2D eigenvalue weighted by Gasteiger charge is 2.49. The molecule has 0 saturated heterocycles. The van der Waals surface area contributed by atoms with Gasteiger partial charge in [0.1, 0.15) is 0 Å². The zero-order valence-electron chi connectivity index (χ0n) is 28.2. The zero-order chi connectivity index (χ0) is 33.8. The van der Waals surface area contributed by atoms with Gasteiger partial charge in [0.2, 0.25) is 0 Å². The van der Waals surface area contributed by atoms with Gasteiger partial charge in [-0.2, -0.15) is 0 Å². The van der Waals surface area contributed by atoms with Crippen molar-refractivity contribution in [3.63, 3.8) is 0 Å². The second kappa shape index (κ2) is 11.9. The second-order valence-electron chi connectivity index (χ2n) is 13.6. The topological polar surface area (TPSA) is 3.24 Å². The van der Waals surface area contributed by atoms with E-state index in [0.29, 0.717) is 0 Å². The number of para-hydroxylation sites is 2. The summed E-state index contributed by atoms with van der Waals surface area (Å²) in [6.45, 7) is 0. The minimum Gasteiger partial charge on any atom is -0.309 e. The van der Waals surface area contributed by atoms with E-state index in [1.54, 1.807) is 0 Å². The van der Waals surface area contributed by atoms with Crippen LogP contribution < -0.4 is 4.90 Å². The van der Waals surface area contributed by atoms with Crippen LogP contribution in [0.5, 0.6) is 0 Å². The van der Waals surface area contributed by atoms with Gasteiger partial charge in [-0.05, 0) is 86.3 Å². The van der Waals surface area contributed by atoms with Crippen molar-refractivity contribution in [1.29, 1.82) is 0 Å². The van der Waals surface area contributed by atoms with Crippen molar-refractivity contribution in [3.05, 3.63) is 234 Å². The lowest BCUT2D eigenvalue weighted by Crippen LogP contribution is -2.34. The number of rotatable bonds is 5. The third-order valence-corrected chi connectivity index (χ3v) is 11.0. The summed E-state index contributed by atoms with van der Waals surface area (Å²) in [6.07, 6.45) is 0.937. The number of benzene rings is 8. The van der Waals surface area contributed by atoms with Gasteiger partial charge in [0.15, 0.2) is 0 Å². The number of hydrogen-bond acceptors (Lipinski definition) is 1. The summed E-state index contributed by atoms with van der Waals surface area (Å²) in [5, 5.41) is 0. The van der Waals surface area contributed by atoms with Gasteiger partial charge in [-0.1, -0.05) is 176 Å². The molecule has 0 N–H and O–H groups in total. The highest BCUT2D eigenvalue weighted by atomic mass is 15.1. The van der Waals surface area contributed by atoms with Crippen LogP contribution in [-0.4, -0.2) is 0 Å². The van der Waals surface area contributed by atoms with E-state index >= 15 is 0 Å². The molecule has 0 aliphatic heterocycles. The van der Waals surface area contributed by atoms with Crippen LogP contribution in [0.3, 0.4) is 0 Å². The van der Waals surface area contributed by atoms with Crippen LogP contribution in [0.25, 0.3) is 33.4 Å². The van der Waals surface area contributed by atoms with Crippen LogP contribution in [0.4, 0.5) is 17.1 Å². The fraction of sp³-hybridized carbons (Fsp3) is 0.0400. The van der Waals surface area contributed by atoms with E-state index in [9.17, 15) is 0 Å². The molecule has 8 aromatic carbocycles. The predicted octanol–water partition coefficient (Wildman–Crippen LogP) is 12.8. The fourth-order valence-corrected chi connectivity index (χ4v) is 8.89. The maximum atomic E-state index is 2.50. The Morgan fingerprint density at radius 3 is 1.33 bits per heavy atom. The highest BCUT2D eigenvalue weighted by Crippen LogP contribution is 2.60. The molecule has 1 nitrogen and oxygen atoms in total. The molecule has 2 aliphatic carbocycles. The normalized spacial score (nSPS) is 13.2. The van der Waals surface area contributed by atoms with Crippen molar-refractivity contribution < 1.29 is 0 Å². The minimum atomic E-state index is -0.434. The molecule has 240 valence electrons. The first-order valence-corrected chi connectivity index (χ1v) is 17.8. The predicted molar refractivity (Wildman–Crippen MR) is 212 cm³/mol. The molecule has 0 amide bonds. The largest absolute Gasteiger partial charge is 0.309 e. The van der Waals surface area contributed by atoms with Crippen LogP contribution in [0.15, 0.2) is 200 Å². The third-order valence-electron chi connectivity index (χ3n) is 11.0. The van der Waals surface area contributed by atoms with E-state index in [2.05, 4.69) is 205 Å². The Morgan fingerprint density at radius 2 is 0.765 bits per heavy atom. The van der Waals surface area contributed by atoms with E-state index < -0.39 is 5.41 Å². The molecule has 0 bridgehead atoms. The van der Waals surface area contributed by atoms with E-state index in [4.69, 9.17) is 0 Å². The standard InChI is InChI=1S/C50H35N/c1-3-17-35(18-4-1)40-23-10-15-29-48(40)51(49-30-16-11-24-41(49)36-19-5-2-6-20-36)39-31-32-43-42-25-9-14-28-46(42)50(47(43)34-39)44-26-12-7-21-37(44)33-38-22-8-13-27-45(38)50/h1-32,34H,33H2. The molecule has 0 heterocycles. The molecular formula is C50H35N. The Balaban J connectivity index is 1.29. The summed E-state index contributed by atoms with van der Waals surface area (Å²) in [6, 6.07) is 73.7. The molecule has 0 radical (unpaired) electrons. The summed E-state index contributed by atoms with van der Waals surface area (Å²) < 4.78 is 0. The van der Waals surface area contributed by atoms with Crippen LogP contribution >= 0.6 is 0 Å². The summed E-state index contributed by atoms with van der Waals surface area (Å²) in [5.74, 6) is 0. The number of nitrogens with zero attached hydrogens (tertiary/aromatic N) is 1. The average Bonchev–Trinajstić information content (AvgIpc) is 3.49. The molecule has 0 aromatic heterocycles. The number of hydrogen-bond donors (Lipinski definition) is 0. The van der Waals surface area contributed by atoms with Gasteiger partial charge in [0.25, 0.3) is 0 Å². The molecule has 1 spiro atoms. The molecule has 2 aliphatic rings. The fourth-order valence-electron chi connectivity index (χ4n) is 8.89. The Morgan fingerprint density at radius 1 is 0.333 bits per heavy atom. The average molecular weight is 650 g/mol. The zero-order valence-corrected chi connectivity index (χ0v) is 28.2. The maximum absolute atomic E-state index is 2.50. The first kappa shape index (κ1) is 29.5. The van der Waals surface area contributed by atoms with E-state index in [1.165, 1.54) is 66.8 Å². The van der Waals surface area contributed by atoms with Gasteiger partial charge in [-0.15, -0.1) is 0 Å². The van der Waals surface area contributed by atoms with Crippen LogP contribution in [-0.2, 0) is 11.8 Å². The molecular weight excluding hydrogens is 615 g/mol. The molecule has 0 unspecified atom stereocenters. The van der Waals surface area contributed by atoms with Crippen molar-refractivity contribution >= 4 is 17.1 Å². The summed E-state index contributed by atoms with van der Waals surface area (Å²) in [5.41, 5.74) is 18.6.